The van der Waals surface area contributed by atoms with Gasteiger partial charge in [0, 0.05) is 23.7 Å². The van der Waals surface area contributed by atoms with E-state index >= 15 is 0 Å². The van der Waals surface area contributed by atoms with Crippen molar-refractivity contribution in [3.05, 3.63) is 75.8 Å². The van der Waals surface area contributed by atoms with E-state index in [1.165, 1.54) is 0 Å². The lowest BCUT2D eigenvalue weighted by Crippen LogP contribution is -2.37. The van der Waals surface area contributed by atoms with Gasteiger partial charge in [0.15, 0.2) is 0 Å². The third-order valence-corrected chi connectivity index (χ3v) is 6.16. The standard InChI is InChI=1S/C24H25ClN2O3/c1-16-4-6-17(7-5-16)21-20(22(28)18-8-10-19(25)11-9-18)23(29)24(30)27(21)15-14-26-12-2-3-13-26/h4-11,21,28H,2-3,12-15H2,1H3/b22-20+. The fraction of sp³-hybridized carbons (Fsp3) is 0.333. The topological polar surface area (TPSA) is 60.9 Å². The third kappa shape index (κ3) is 4.00. The summed E-state index contributed by atoms with van der Waals surface area (Å²) >= 11 is 5.96. The maximum absolute atomic E-state index is 13.0. The molecule has 2 aliphatic rings. The minimum atomic E-state index is -0.644. The van der Waals surface area contributed by atoms with E-state index in [9.17, 15) is 14.7 Å². The molecule has 1 amide bonds. The fourth-order valence-electron chi connectivity index (χ4n) is 4.22. The molecular formula is C24H25ClN2O3. The van der Waals surface area contributed by atoms with E-state index in [4.69, 9.17) is 11.6 Å². The molecule has 2 aliphatic heterocycles. The highest BCUT2D eigenvalue weighted by atomic mass is 35.5. The molecule has 0 bridgehead atoms. The van der Waals surface area contributed by atoms with Crippen molar-refractivity contribution in [3.8, 4) is 0 Å². The Bertz CT molecular complexity index is 977. The van der Waals surface area contributed by atoms with Crippen LogP contribution in [0.15, 0.2) is 54.1 Å². The molecule has 1 unspecified atom stereocenters. The number of rotatable bonds is 5. The number of hydrogen-bond acceptors (Lipinski definition) is 4. The smallest absolute Gasteiger partial charge is 0.295 e. The van der Waals surface area contributed by atoms with E-state index < -0.39 is 17.7 Å². The second-order valence-corrected chi connectivity index (χ2v) is 8.40. The van der Waals surface area contributed by atoms with Gasteiger partial charge in [-0.1, -0.05) is 41.4 Å². The maximum atomic E-state index is 13.0. The number of carbonyl (C=O) groups excluding carboxylic acids is 2. The Morgan fingerprint density at radius 2 is 1.63 bits per heavy atom. The summed E-state index contributed by atoms with van der Waals surface area (Å²) in [6.07, 6.45) is 2.33. The molecular weight excluding hydrogens is 400 g/mol. The van der Waals surface area contributed by atoms with Crippen LogP contribution in [-0.4, -0.2) is 52.8 Å². The zero-order valence-corrected chi connectivity index (χ0v) is 17.7. The van der Waals surface area contributed by atoms with Gasteiger partial charge in [-0.25, -0.2) is 0 Å². The van der Waals surface area contributed by atoms with Gasteiger partial charge in [-0.2, -0.15) is 0 Å². The van der Waals surface area contributed by atoms with Crippen molar-refractivity contribution in [2.45, 2.75) is 25.8 Å². The van der Waals surface area contributed by atoms with Crippen LogP contribution >= 0.6 is 11.6 Å². The highest BCUT2D eigenvalue weighted by Crippen LogP contribution is 2.39. The Morgan fingerprint density at radius 3 is 2.27 bits per heavy atom. The molecule has 2 fully saturated rings. The zero-order chi connectivity index (χ0) is 21.3. The number of halogens is 1. The van der Waals surface area contributed by atoms with Crippen molar-refractivity contribution in [2.24, 2.45) is 0 Å². The van der Waals surface area contributed by atoms with Crippen LogP contribution in [-0.2, 0) is 9.59 Å². The van der Waals surface area contributed by atoms with Crippen LogP contribution in [0.25, 0.3) is 5.76 Å². The molecule has 4 rings (SSSR count). The van der Waals surface area contributed by atoms with Crippen molar-refractivity contribution >= 4 is 29.1 Å². The molecule has 2 aromatic rings. The molecule has 5 nitrogen and oxygen atoms in total. The monoisotopic (exact) mass is 424 g/mol. The normalized spacial score (nSPS) is 21.5. The highest BCUT2D eigenvalue weighted by Gasteiger charge is 2.46. The van der Waals surface area contributed by atoms with Gasteiger partial charge in [0.25, 0.3) is 11.7 Å². The van der Waals surface area contributed by atoms with Crippen molar-refractivity contribution < 1.29 is 14.7 Å². The number of carbonyl (C=O) groups is 2. The van der Waals surface area contributed by atoms with Gasteiger partial charge in [0.1, 0.15) is 5.76 Å². The van der Waals surface area contributed by atoms with Gasteiger partial charge in [0.2, 0.25) is 0 Å². The summed E-state index contributed by atoms with van der Waals surface area (Å²) in [6.45, 7) is 5.19. The lowest BCUT2D eigenvalue weighted by molar-refractivity contribution is -0.140. The molecule has 2 aromatic carbocycles. The van der Waals surface area contributed by atoms with Gasteiger partial charge >= 0.3 is 0 Å². The van der Waals surface area contributed by atoms with Gasteiger partial charge in [-0.05, 0) is 62.7 Å². The highest BCUT2D eigenvalue weighted by molar-refractivity contribution is 6.46. The molecule has 156 valence electrons. The summed E-state index contributed by atoms with van der Waals surface area (Å²) in [5.41, 5.74) is 2.50. The Morgan fingerprint density at radius 1 is 1.00 bits per heavy atom. The second-order valence-electron chi connectivity index (χ2n) is 7.96. The molecule has 6 heteroatoms. The van der Waals surface area contributed by atoms with Crippen LogP contribution in [0.3, 0.4) is 0 Å². The fourth-order valence-corrected chi connectivity index (χ4v) is 4.35. The largest absolute Gasteiger partial charge is 0.507 e. The minimum absolute atomic E-state index is 0.132. The second kappa shape index (κ2) is 8.62. The van der Waals surface area contributed by atoms with Gasteiger partial charge in [-0.3, -0.25) is 9.59 Å². The van der Waals surface area contributed by atoms with E-state index in [1.54, 1.807) is 29.2 Å². The van der Waals surface area contributed by atoms with Crippen molar-refractivity contribution in [3.63, 3.8) is 0 Å². The number of amides is 1. The Balaban J connectivity index is 1.75. The van der Waals surface area contributed by atoms with Crippen LogP contribution in [0.2, 0.25) is 5.02 Å². The van der Waals surface area contributed by atoms with Crippen LogP contribution < -0.4 is 0 Å². The molecule has 1 atom stereocenters. The summed E-state index contributed by atoms with van der Waals surface area (Å²) in [6, 6.07) is 13.8. The SMILES string of the molecule is Cc1ccc(C2/C(=C(\O)c3ccc(Cl)cc3)C(=O)C(=O)N2CCN2CCCC2)cc1. The van der Waals surface area contributed by atoms with E-state index in [0.717, 1.165) is 43.6 Å². The van der Waals surface area contributed by atoms with Gasteiger partial charge in [0.05, 0.1) is 11.6 Å². The van der Waals surface area contributed by atoms with Crippen LogP contribution in [0, 0.1) is 6.92 Å². The number of likely N-dealkylation sites (tertiary alicyclic amines) is 2. The summed E-state index contributed by atoms with van der Waals surface area (Å²) in [5.74, 6) is -1.37. The maximum Gasteiger partial charge on any atom is 0.295 e. The first-order chi connectivity index (χ1) is 14.5. The zero-order valence-electron chi connectivity index (χ0n) is 17.0. The quantitative estimate of drug-likeness (QED) is 0.444. The van der Waals surface area contributed by atoms with Crippen LogP contribution in [0.1, 0.15) is 35.6 Å². The Hall–Kier alpha value is -2.63. The van der Waals surface area contributed by atoms with Crippen LogP contribution in [0.5, 0.6) is 0 Å². The summed E-state index contributed by atoms with van der Waals surface area (Å²) < 4.78 is 0. The van der Waals surface area contributed by atoms with Crippen molar-refractivity contribution in [1.82, 2.24) is 9.80 Å². The molecule has 0 aromatic heterocycles. The Kier molecular flexibility index (Phi) is 5.93. The number of aryl methyl sites for hydroxylation is 1. The molecule has 0 aliphatic carbocycles. The van der Waals surface area contributed by atoms with E-state index in [1.807, 2.05) is 31.2 Å². The minimum Gasteiger partial charge on any atom is -0.507 e. The molecule has 0 radical (unpaired) electrons. The number of aliphatic hydroxyl groups is 1. The number of ketones is 1. The predicted octanol–water partition coefficient (Wildman–Crippen LogP) is 4.17. The van der Waals surface area contributed by atoms with E-state index in [2.05, 4.69) is 4.90 Å². The lowest BCUT2D eigenvalue weighted by Gasteiger charge is -2.27. The van der Waals surface area contributed by atoms with Crippen molar-refractivity contribution in [2.75, 3.05) is 26.2 Å². The first-order valence-electron chi connectivity index (χ1n) is 10.3. The average Bonchev–Trinajstić information content (AvgIpc) is 3.34. The van der Waals surface area contributed by atoms with Gasteiger partial charge in [-0.15, -0.1) is 0 Å². The van der Waals surface area contributed by atoms with Crippen LogP contribution in [0.4, 0.5) is 0 Å². The predicted molar refractivity (Wildman–Crippen MR) is 117 cm³/mol. The molecule has 30 heavy (non-hydrogen) atoms. The first kappa shape index (κ1) is 20.6. The average molecular weight is 425 g/mol. The molecule has 2 heterocycles. The van der Waals surface area contributed by atoms with Gasteiger partial charge < -0.3 is 14.9 Å². The number of Topliss-reactive ketones (excluding diaryl/α,β-unsaturated/α-hetero) is 1. The molecule has 0 spiro atoms. The first-order valence-corrected chi connectivity index (χ1v) is 10.7. The molecule has 1 N–H and O–H groups in total. The number of nitrogens with zero attached hydrogens (tertiary/aromatic N) is 2. The summed E-state index contributed by atoms with van der Waals surface area (Å²) in [5, 5.41) is 11.5. The summed E-state index contributed by atoms with van der Waals surface area (Å²) in [4.78, 5) is 29.9. The number of benzene rings is 2. The summed E-state index contributed by atoms with van der Waals surface area (Å²) in [7, 11) is 0. The third-order valence-electron chi connectivity index (χ3n) is 5.91. The number of aliphatic hydroxyl groups excluding tert-OH is 1. The molecule has 2 saturated heterocycles. The van der Waals surface area contributed by atoms with E-state index in [-0.39, 0.29) is 11.3 Å². The number of hydrogen-bond donors (Lipinski definition) is 1. The molecule has 0 saturated carbocycles. The Labute approximate surface area is 181 Å². The lowest BCUT2D eigenvalue weighted by atomic mass is 9.95. The van der Waals surface area contributed by atoms with E-state index in [0.29, 0.717) is 17.1 Å². The van der Waals surface area contributed by atoms with Crippen molar-refractivity contribution in [1.29, 1.82) is 0 Å².